The van der Waals surface area contributed by atoms with Gasteiger partial charge in [-0.15, -0.1) is 10.2 Å². The van der Waals surface area contributed by atoms with Gasteiger partial charge in [-0.2, -0.15) is 0 Å². The topological polar surface area (TPSA) is 32.3 Å². The Kier molecular flexibility index (Phi) is 3.16. The Morgan fingerprint density at radius 2 is 1.94 bits per heavy atom. The molecule has 1 saturated carbocycles. The predicted octanol–water partition coefficient (Wildman–Crippen LogP) is 1.80. The lowest BCUT2D eigenvalue weighted by Crippen LogP contribution is -2.32. The Hall–Kier alpha value is -0.870. The number of nitrogens with zero attached hydrogens (tertiary/aromatic N) is 4. The molecule has 0 radical (unpaired) electrons. The van der Waals surface area contributed by atoms with Gasteiger partial charge in [0.1, 0.15) is 0 Å². The summed E-state index contributed by atoms with van der Waals surface area (Å²) in [6.07, 6.45) is 3.99. The molecule has 2 aliphatic rings. The molecule has 1 aromatic heterocycles. The standard InChI is InChI=1S/C12H17ClN4/c13-11-4-5-12(15-14-11)17-7-1-6-16(8-9-17)10-2-3-10/h4-5,10H,1-3,6-9H2. The third kappa shape index (κ3) is 2.69. The molecule has 2 heterocycles. The minimum absolute atomic E-state index is 0.461. The van der Waals surface area contributed by atoms with Gasteiger partial charge in [-0.3, -0.25) is 4.90 Å². The van der Waals surface area contributed by atoms with E-state index < -0.39 is 0 Å². The number of hydrogen-bond donors (Lipinski definition) is 0. The van der Waals surface area contributed by atoms with E-state index in [1.54, 1.807) is 0 Å². The van der Waals surface area contributed by atoms with E-state index in [1.165, 1.54) is 25.8 Å². The fraction of sp³-hybridized carbons (Fsp3) is 0.667. The van der Waals surface area contributed by atoms with E-state index in [-0.39, 0.29) is 0 Å². The SMILES string of the molecule is Clc1ccc(N2CCCN(C3CC3)CC2)nn1. The average molecular weight is 253 g/mol. The normalized spacial score (nSPS) is 22.5. The lowest BCUT2D eigenvalue weighted by molar-refractivity contribution is 0.283. The minimum Gasteiger partial charge on any atom is -0.354 e. The van der Waals surface area contributed by atoms with Crippen LogP contribution in [0, 0.1) is 0 Å². The van der Waals surface area contributed by atoms with Crippen molar-refractivity contribution in [1.29, 1.82) is 0 Å². The van der Waals surface area contributed by atoms with Crippen LogP contribution in [-0.4, -0.2) is 47.3 Å². The second kappa shape index (κ2) is 4.78. The molecule has 1 aliphatic heterocycles. The van der Waals surface area contributed by atoms with Crippen LogP contribution >= 0.6 is 11.6 Å². The number of halogens is 1. The van der Waals surface area contributed by atoms with Crippen LogP contribution in [0.3, 0.4) is 0 Å². The van der Waals surface area contributed by atoms with Gasteiger partial charge in [0, 0.05) is 32.2 Å². The molecule has 0 amide bonds. The first-order valence-electron chi connectivity index (χ1n) is 6.31. The van der Waals surface area contributed by atoms with Crippen LogP contribution in [0.15, 0.2) is 12.1 Å². The summed E-state index contributed by atoms with van der Waals surface area (Å²) in [5.41, 5.74) is 0. The van der Waals surface area contributed by atoms with Crippen LogP contribution in [0.2, 0.25) is 5.15 Å². The zero-order valence-corrected chi connectivity index (χ0v) is 10.6. The highest BCUT2D eigenvalue weighted by Gasteiger charge is 2.30. The summed E-state index contributed by atoms with van der Waals surface area (Å²) in [6, 6.07) is 4.64. The van der Waals surface area contributed by atoms with Crippen molar-refractivity contribution in [2.75, 3.05) is 31.1 Å². The van der Waals surface area contributed by atoms with E-state index in [0.29, 0.717) is 5.15 Å². The van der Waals surface area contributed by atoms with Gasteiger partial charge in [-0.1, -0.05) is 11.6 Å². The zero-order valence-electron chi connectivity index (χ0n) is 9.85. The maximum Gasteiger partial charge on any atom is 0.151 e. The summed E-state index contributed by atoms with van der Waals surface area (Å²) in [5.74, 6) is 0.951. The highest BCUT2D eigenvalue weighted by atomic mass is 35.5. The molecular weight excluding hydrogens is 236 g/mol. The van der Waals surface area contributed by atoms with E-state index in [0.717, 1.165) is 31.5 Å². The lowest BCUT2D eigenvalue weighted by Gasteiger charge is -2.22. The molecule has 0 aromatic carbocycles. The fourth-order valence-electron chi connectivity index (χ4n) is 2.45. The van der Waals surface area contributed by atoms with E-state index >= 15 is 0 Å². The molecule has 5 heteroatoms. The molecule has 0 N–H and O–H groups in total. The third-order valence-corrected chi connectivity index (χ3v) is 3.74. The van der Waals surface area contributed by atoms with Crippen LogP contribution < -0.4 is 4.90 Å². The number of hydrogen-bond acceptors (Lipinski definition) is 4. The molecule has 0 unspecified atom stereocenters. The molecule has 1 saturated heterocycles. The minimum atomic E-state index is 0.461. The van der Waals surface area contributed by atoms with Crippen LogP contribution in [0.1, 0.15) is 19.3 Å². The fourth-order valence-corrected chi connectivity index (χ4v) is 2.55. The molecule has 17 heavy (non-hydrogen) atoms. The monoisotopic (exact) mass is 252 g/mol. The van der Waals surface area contributed by atoms with Crippen molar-refractivity contribution in [3.63, 3.8) is 0 Å². The predicted molar refractivity (Wildman–Crippen MR) is 68.5 cm³/mol. The molecule has 0 bridgehead atoms. The summed E-state index contributed by atoms with van der Waals surface area (Å²) in [4.78, 5) is 4.93. The first-order valence-corrected chi connectivity index (χ1v) is 6.69. The largest absolute Gasteiger partial charge is 0.354 e. The Morgan fingerprint density at radius 1 is 1.06 bits per heavy atom. The Balaban J connectivity index is 1.65. The van der Waals surface area contributed by atoms with E-state index in [9.17, 15) is 0 Å². The molecule has 0 atom stereocenters. The van der Waals surface area contributed by atoms with Gasteiger partial charge in [0.15, 0.2) is 11.0 Å². The van der Waals surface area contributed by atoms with Crippen LogP contribution in [-0.2, 0) is 0 Å². The molecule has 92 valence electrons. The van der Waals surface area contributed by atoms with Gasteiger partial charge >= 0.3 is 0 Å². The summed E-state index contributed by atoms with van der Waals surface area (Å²) < 4.78 is 0. The molecule has 1 aromatic rings. The average Bonchev–Trinajstić information content (AvgIpc) is 3.16. The van der Waals surface area contributed by atoms with Crippen molar-refractivity contribution < 1.29 is 0 Å². The van der Waals surface area contributed by atoms with E-state index in [4.69, 9.17) is 11.6 Å². The third-order valence-electron chi connectivity index (χ3n) is 3.54. The summed E-state index contributed by atoms with van der Waals surface area (Å²) in [5, 5.41) is 8.53. The highest BCUT2D eigenvalue weighted by molar-refractivity contribution is 6.29. The van der Waals surface area contributed by atoms with Crippen molar-refractivity contribution in [1.82, 2.24) is 15.1 Å². The van der Waals surface area contributed by atoms with E-state index in [1.807, 2.05) is 12.1 Å². The van der Waals surface area contributed by atoms with Gasteiger partial charge in [0.25, 0.3) is 0 Å². The van der Waals surface area contributed by atoms with Crippen LogP contribution in [0.4, 0.5) is 5.82 Å². The van der Waals surface area contributed by atoms with Gasteiger partial charge in [-0.05, 0) is 31.4 Å². The molecule has 3 rings (SSSR count). The van der Waals surface area contributed by atoms with Crippen molar-refractivity contribution in [3.05, 3.63) is 17.3 Å². The summed E-state index contributed by atoms with van der Waals surface area (Å²) >= 11 is 5.76. The van der Waals surface area contributed by atoms with Crippen molar-refractivity contribution >= 4 is 17.4 Å². The first-order chi connectivity index (χ1) is 8.33. The quantitative estimate of drug-likeness (QED) is 0.804. The van der Waals surface area contributed by atoms with Crippen molar-refractivity contribution in [2.45, 2.75) is 25.3 Å². The van der Waals surface area contributed by atoms with Gasteiger partial charge in [0.2, 0.25) is 0 Å². The first kappa shape index (κ1) is 11.2. The molecule has 2 fully saturated rings. The molecule has 0 spiro atoms. The lowest BCUT2D eigenvalue weighted by atomic mass is 10.3. The van der Waals surface area contributed by atoms with Gasteiger partial charge in [0.05, 0.1) is 0 Å². The molecule has 4 nitrogen and oxygen atoms in total. The molecule has 1 aliphatic carbocycles. The smallest absolute Gasteiger partial charge is 0.151 e. The Morgan fingerprint density at radius 3 is 2.65 bits per heavy atom. The molecular formula is C12H17ClN4. The summed E-state index contributed by atoms with van der Waals surface area (Å²) in [6.45, 7) is 4.49. The van der Waals surface area contributed by atoms with Crippen LogP contribution in [0.5, 0.6) is 0 Å². The Bertz CT molecular complexity index is 377. The number of aromatic nitrogens is 2. The highest BCUT2D eigenvalue weighted by Crippen LogP contribution is 2.28. The summed E-state index contributed by atoms with van der Waals surface area (Å²) in [7, 11) is 0. The number of rotatable bonds is 2. The van der Waals surface area contributed by atoms with E-state index in [2.05, 4.69) is 20.0 Å². The van der Waals surface area contributed by atoms with Crippen molar-refractivity contribution in [2.24, 2.45) is 0 Å². The Labute approximate surface area is 107 Å². The second-order valence-electron chi connectivity index (χ2n) is 4.82. The van der Waals surface area contributed by atoms with Gasteiger partial charge in [-0.25, -0.2) is 0 Å². The second-order valence-corrected chi connectivity index (χ2v) is 5.21. The van der Waals surface area contributed by atoms with Gasteiger partial charge < -0.3 is 4.90 Å². The maximum absolute atomic E-state index is 5.76. The number of anilines is 1. The van der Waals surface area contributed by atoms with Crippen LogP contribution in [0.25, 0.3) is 0 Å². The zero-order chi connectivity index (χ0) is 11.7. The van der Waals surface area contributed by atoms with Crippen molar-refractivity contribution in [3.8, 4) is 0 Å². The maximum atomic E-state index is 5.76.